The summed E-state index contributed by atoms with van der Waals surface area (Å²) in [5.41, 5.74) is 2.12. The molecule has 1 aromatic rings. The van der Waals surface area contributed by atoms with Crippen LogP contribution in [0.2, 0.25) is 0 Å². The van der Waals surface area contributed by atoms with Gasteiger partial charge in [0.1, 0.15) is 11.9 Å². The van der Waals surface area contributed by atoms with Gasteiger partial charge in [0.05, 0.1) is 60.7 Å². The number of alkyl halides is 1. The fourth-order valence-corrected chi connectivity index (χ4v) is 6.53. The topological polar surface area (TPSA) is 148 Å². The van der Waals surface area contributed by atoms with Gasteiger partial charge in [-0.15, -0.1) is 11.6 Å². The van der Waals surface area contributed by atoms with Crippen LogP contribution in [0.15, 0.2) is 71.1 Å². The number of carboxylic acids is 3. The largest absolute Gasteiger partial charge is 0.481 e. The molecule has 0 aromatic heterocycles. The van der Waals surface area contributed by atoms with Gasteiger partial charge in [0.2, 0.25) is 0 Å². The number of nitrogens with zero attached hydrogens (tertiary/aromatic N) is 5. The molecule has 13 heteroatoms. The van der Waals surface area contributed by atoms with E-state index in [1.54, 1.807) is 30.4 Å². The summed E-state index contributed by atoms with van der Waals surface area (Å²) in [6.45, 7) is 5.41. The average molecular weight is 672 g/mol. The Kier molecular flexibility index (Phi) is 11.5. The Bertz CT molecular complexity index is 1560. The molecule has 4 rings (SSSR count). The Labute approximate surface area is 278 Å². The van der Waals surface area contributed by atoms with E-state index in [1.165, 1.54) is 0 Å². The van der Waals surface area contributed by atoms with Gasteiger partial charge in [-0.2, -0.15) is 5.26 Å². The number of benzene rings is 1. The monoisotopic (exact) mass is 670 g/mol. The molecule has 3 atom stereocenters. The number of para-hydroxylation sites is 2. The van der Waals surface area contributed by atoms with Gasteiger partial charge in [0.25, 0.3) is 5.84 Å². The highest BCUT2D eigenvalue weighted by Gasteiger charge is 2.49. The van der Waals surface area contributed by atoms with Gasteiger partial charge in [-0.3, -0.25) is 23.9 Å². The van der Waals surface area contributed by atoms with Crippen molar-refractivity contribution in [2.24, 2.45) is 5.92 Å². The van der Waals surface area contributed by atoms with Gasteiger partial charge >= 0.3 is 17.9 Å². The van der Waals surface area contributed by atoms with Gasteiger partial charge in [-0.05, 0) is 42.4 Å². The van der Waals surface area contributed by atoms with Crippen LogP contribution in [0.1, 0.15) is 39.5 Å². The van der Waals surface area contributed by atoms with Crippen molar-refractivity contribution in [1.82, 2.24) is 4.90 Å². The third kappa shape index (κ3) is 8.11. The number of hydrogen-bond acceptors (Lipinski definition) is 7. The summed E-state index contributed by atoms with van der Waals surface area (Å²) in [5.74, 6) is -1.25. The van der Waals surface area contributed by atoms with Gasteiger partial charge in [0, 0.05) is 30.6 Å². The zero-order chi connectivity index (χ0) is 33.5. The smallest absolute Gasteiger partial charge is 0.307 e. The molecule has 0 spiro atoms. The maximum atomic E-state index is 11.5. The number of amidine groups is 1. The van der Waals surface area contributed by atoms with Crippen LogP contribution in [0.25, 0.3) is 0 Å². The standard InChI is InChI=1S/C33H37Cl2N5O6/c1-21(2)20-40-26-6-4-3-5-25(26)37(14-11-31(41)42)30(40)10-8-22(19-36)7-9-29-38(15-12-32(43)44)27-17-23(34)24(35)18-28(27)39(29)16-13-33(45)46/h3-10,17,21,24,27-28H,11-16,18,20H2,1-2H3,(H2-,41,42,43,44,45,46)/p+1. The van der Waals surface area contributed by atoms with Crippen LogP contribution in [0, 0.1) is 17.2 Å². The number of anilines is 2. The number of nitriles is 1. The molecule has 2 aliphatic heterocycles. The number of aliphatic carboxylic acids is 3. The second-order valence-corrected chi connectivity index (χ2v) is 12.7. The molecule has 1 aliphatic carbocycles. The van der Waals surface area contributed by atoms with E-state index in [0.29, 0.717) is 29.8 Å². The van der Waals surface area contributed by atoms with Crippen LogP contribution in [0.5, 0.6) is 0 Å². The Balaban J connectivity index is 1.75. The third-order valence-corrected chi connectivity index (χ3v) is 8.93. The summed E-state index contributed by atoms with van der Waals surface area (Å²) in [7, 11) is 0. The van der Waals surface area contributed by atoms with Crippen LogP contribution < -0.4 is 9.80 Å². The van der Waals surface area contributed by atoms with Crippen molar-refractivity contribution in [3.05, 3.63) is 71.1 Å². The van der Waals surface area contributed by atoms with Crippen LogP contribution in [-0.2, 0) is 14.4 Å². The third-order valence-electron chi connectivity index (χ3n) is 8.02. The van der Waals surface area contributed by atoms with Crippen molar-refractivity contribution < 1.29 is 34.3 Å². The minimum absolute atomic E-state index is 0.0729. The first-order valence-electron chi connectivity index (χ1n) is 15.1. The summed E-state index contributed by atoms with van der Waals surface area (Å²) in [6, 6.07) is 9.41. The highest BCUT2D eigenvalue weighted by molar-refractivity contribution is 6.37. The quantitative estimate of drug-likeness (QED) is 0.109. The predicted octanol–water partition coefficient (Wildman–Crippen LogP) is 4.84. The second-order valence-electron chi connectivity index (χ2n) is 11.7. The first kappa shape index (κ1) is 34.6. The number of rotatable bonds is 14. The molecule has 1 aromatic carbocycles. The lowest BCUT2D eigenvalue weighted by Crippen LogP contribution is -2.44. The van der Waals surface area contributed by atoms with E-state index in [2.05, 4.69) is 24.8 Å². The molecule has 0 saturated heterocycles. The number of hydrogen-bond donors (Lipinski definition) is 3. The molecule has 0 saturated carbocycles. The summed E-state index contributed by atoms with van der Waals surface area (Å²) < 4.78 is 1.88. The Hall–Kier alpha value is -4.27. The molecule has 244 valence electrons. The lowest BCUT2D eigenvalue weighted by Gasteiger charge is -2.27. The highest BCUT2D eigenvalue weighted by Crippen LogP contribution is 2.42. The van der Waals surface area contributed by atoms with Crippen LogP contribution in [0.3, 0.4) is 0 Å². The minimum atomic E-state index is -0.981. The molecular formula is C33H38Cl2N5O6+. The zero-order valence-corrected chi connectivity index (χ0v) is 27.2. The molecule has 3 unspecified atom stereocenters. The van der Waals surface area contributed by atoms with E-state index in [4.69, 9.17) is 23.2 Å². The maximum Gasteiger partial charge on any atom is 0.307 e. The SMILES string of the molecule is CC(C)CN1\C(=C/C=C(C#N)/C=C/C2=[N+](CCC(=O)O)C3C=C(Cl)C(Cl)CC3N2CCC(=O)O)N(CCC(=O)O)c2ccccc21. The van der Waals surface area contributed by atoms with Crippen molar-refractivity contribution in [3.8, 4) is 6.07 Å². The molecule has 0 radical (unpaired) electrons. The van der Waals surface area contributed by atoms with Crippen molar-refractivity contribution in [2.45, 2.75) is 57.0 Å². The first-order valence-corrected chi connectivity index (χ1v) is 15.9. The molecule has 3 aliphatic rings. The average Bonchev–Trinajstić information content (AvgIpc) is 3.44. The van der Waals surface area contributed by atoms with Crippen molar-refractivity contribution >= 4 is 58.3 Å². The van der Waals surface area contributed by atoms with Crippen LogP contribution in [-0.4, -0.2) is 92.2 Å². The predicted molar refractivity (Wildman–Crippen MR) is 176 cm³/mol. The Morgan fingerprint density at radius 1 is 1.04 bits per heavy atom. The van der Waals surface area contributed by atoms with Crippen molar-refractivity contribution in [2.75, 3.05) is 36.0 Å². The van der Waals surface area contributed by atoms with Gasteiger partial charge in [-0.25, -0.2) is 0 Å². The molecule has 3 N–H and O–H groups in total. The maximum absolute atomic E-state index is 11.5. The fraction of sp³-hybridized carbons (Fsp3) is 0.424. The molecule has 46 heavy (non-hydrogen) atoms. The van der Waals surface area contributed by atoms with E-state index in [0.717, 1.165) is 17.2 Å². The van der Waals surface area contributed by atoms with Gasteiger partial charge in [0.15, 0.2) is 6.04 Å². The summed E-state index contributed by atoms with van der Waals surface area (Å²) in [6.07, 6.45) is 8.64. The fourth-order valence-electron chi connectivity index (χ4n) is 6.06. The van der Waals surface area contributed by atoms with E-state index in [1.807, 2.05) is 38.6 Å². The van der Waals surface area contributed by atoms with E-state index in [-0.39, 0.29) is 56.6 Å². The number of carbonyl (C=O) groups is 3. The number of allylic oxidation sites excluding steroid dienone is 5. The number of fused-ring (bicyclic) bond motifs is 2. The molecule has 11 nitrogen and oxygen atoms in total. The van der Waals surface area contributed by atoms with E-state index >= 15 is 0 Å². The van der Waals surface area contributed by atoms with Crippen molar-refractivity contribution in [3.63, 3.8) is 0 Å². The van der Waals surface area contributed by atoms with Gasteiger partial charge < -0.3 is 25.1 Å². The number of carboxylic acid groups (broad SMARTS) is 3. The second kappa shape index (κ2) is 15.3. The van der Waals surface area contributed by atoms with Gasteiger partial charge in [-0.1, -0.05) is 37.6 Å². The first-order chi connectivity index (χ1) is 21.9. The molecule has 0 bridgehead atoms. The van der Waals surface area contributed by atoms with E-state index in [9.17, 15) is 35.0 Å². The summed E-state index contributed by atoms with van der Waals surface area (Å²) in [4.78, 5) is 40.5. The van der Waals surface area contributed by atoms with Crippen LogP contribution >= 0.6 is 23.2 Å². The number of halogens is 2. The summed E-state index contributed by atoms with van der Waals surface area (Å²) in [5, 5.41) is 38.4. The van der Waals surface area contributed by atoms with E-state index < -0.39 is 23.3 Å². The summed E-state index contributed by atoms with van der Waals surface area (Å²) >= 11 is 12.9. The minimum Gasteiger partial charge on any atom is -0.481 e. The molecular weight excluding hydrogens is 633 g/mol. The lowest BCUT2D eigenvalue weighted by molar-refractivity contribution is -0.547. The highest BCUT2D eigenvalue weighted by atomic mass is 35.5. The van der Waals surface area contributed by atoms with Crippen molar-refractivity contribution in [1.29, 1.82) is 5.26 Å². The Morgan fingerprint density at radius 3 is 2.28 bits per heavy atom. The normalized spacial score (nSPS) is 22.0. The zero-order valence-electron chi connectivity index (χ0n) is 25.7. The molecule has 0 amide bonds. The lowest BCUT2D eigenvalue weighted by atomic mass is 9.95. The molecule has 0 fully saturated rings. The Morgan fingerprint density at radius 2 is 1.67 bits per heavy atom. The van der Waals surface area contributed by atoms with Crippen LogP contribution in [0.4, 0.5) is 11.4 Å². The molecule has 2 heterocycles.